The molecule has 0 unspecified atom stereocenters. The lowest BCUT2D eigenvalue weighted by Crippen LogP contribution is -2.19. The molecule has 0 spiro atoms. The molecule has 0 saturated carbocycles. The molecule has 7 heteroatoms. The second-order valence-corrected chi connectivity index (χ2v) is 10.7. The van der Waals surface area contributed by atoms with Gasteiger partial charge in [-0.3, -0.25) is 4.98 Å². The van der Waals surface area contributed by atoms with E-state index in [0.29, 0.717) is 22.9 Å². The predicted octanol–water partition coefficient (Wildman–Crippen LogP) is 3.97. The van der Waals surface area contributed by atoms with Crippen molar-refractivity contribution in [2.24, 2.45) is 0 Å². The van der Waals surface area contributed by atoms with Gasteiger partial charge in [0.25, 0.3) is 0 Å². The van der Waals surface area contributed by atoms with E-state index in [1.807, 2.05) is 45.3 Å². The van der Waals surface area contributed by atoms with Crippen molar-refractivity contribution in [2.45, 2.75) is 30.9 Å². The van der Waals surface area contributed by atoms with E-state index < -0.39 is 15.1 Å². The zero-order valence-corrected chi connectivity index (χ0v) is 20.5. The van der Waals surface area contributed by atoms with Gasteiger partial charge in [0.05, 0.1) is 27.7 Å². The summed E-state index contributed by atoms with van der Waals surface area (Å²) in [6.45, 7) is 6.64. The molecule has 172 valence electrons. The molecular formula is C26H29N3O3S. The molecule has 0 aliphatic carbocycles. The van der Waals surface area contributed by atoms with Crippen LogP contribution in [-0.2, 0) is 9.84 Å². The lowest BCUT2D eigenvalue weighted by molar-refractivity contribution is 0.261. The fourth-order valence-corrected chi connectivity index (χ4v) is 4.00. The third kappa shape index (κ3) is 6.41. The van der Waals surface area contributed by atoms with E-state index in [9.17, 15) is 8.42 Å². The summed E-state index contributed by atoms with van der Waals surface area (Å²) >= 11 is 0. The number of benzene rings is 2. The van der Waals surface area contributed by atoms with Crippen LogP contribution in [0.2, 0.25) is 0 Å². The molecule has 0 aliphatic heterocycles. The van der Waals surface area contributed by atoms with Crippen LogP contribution >= 0.6 is 0 Å². The van der Waals surface area contributed by atoms with Crippen molar-refractivity contribution in [3.8, 4) is 28.8 Å². The van der Waals surface area contributed by atoms with Gasteiger partial charge in [-0.2, -0.15) is 0 Å². The Morgan fingerprint density at radius 2 is 1.79 bits per heavy atom. The fraction of sp³-hybridized carbons (Fsp3) is 0.308. The first-order valence-corrected chi connectivity index (χ1v) is 12.3. The zero-order chi connectivity index (χ0) is 24.0. The molecule has 1 heterocycles. The molecule has 0 bridgehead atoms. The van der Waals surface area contributed by atoms with Crippen molar-refractivity contribution in [1.29, 1.82) is 0 Å². The summed E-state index contributed by atoms with van der Waals surface area (Å²) in [6.07, 6.45) is 1.67. The Labute approximate surface area is 196 Å². The van der Waals surface area contributed by atoms with Gasteiger partial charge in [-0.25, -0.2) is 13.4 Å². The lowest BCUT2D eigenvalue weighted by Gasteiger charge is -2.10. The van der Waals surface area contributed by atoms with Crippen LogP contribution in [0, 0.1) is 18.8 Å². The number of aromatic nitrogens is 2. The van der Waals surface area contributed by atoms with Gasteiger partial charge in [0.15, 0.2) is 9.84 Å². The quantitative estimate of drug-likeness (QED) is 0.494. The molecule has 6 nitrogen and oxygen atoms in total. The first-order valence-electron chi connectivity index (χ1n) is 10.7. The maximum absolute atomic E-state index is 12.4. The molecule has 0 saturated heterocycles. The molecule has 0 fully saturated rings. The summed E-state index contributed by atoms with van der Waals surface area (Å²) < 4.78 is 30.5. The van der Waals surface area contributed by atoms with Crippen LogP contribution in [0.25, 0.3) is 11.3 Å². The summed E-state index contributed by atoms with van der Waals surface area (Å²) in [5.74, 6) is 7.02. The molecule has 3 rings (SSSR count). The molecule has 0 aliphatic rings. The third-order valence-corrected chi connectivity index (χ3v) is 7.19. The number of ether oxygens (including phenoxy) is 1. The monoisotopic (exact) mass is 463 g/mol. The second kappa shape index (κ2) is 10.6. The van der Waals surface area contributed by atoms with E-state index in [0.717, 1.165) is 29.1 Å². The maximum atomic E-state index is 12.4. The van der Waals surface area contributed by atoms with Crippen molar-refractivity contribution in [1.82, 2.24) is 14.9 Å². The Morgan fingerprint density at radius 3 is 2.45 bits per heavy atom. The lowest BCUT2D eigenvalue weighted by atomic mass is 10.1. The van der Waals surface area contributed by atoms with Crippen LogP contribution in [0.3, 0.4) is 0 Å². The summed E-state index contributed by atoms with van der Waals surface area (Å²) in [5.41, 5.74) is 3.55. The van der Waals surface area contributed by atoms with Gasteiger partial charge < -0.3 is 9.64 Å². The molecule has 1 aromatic heterocycles. The Bertz CT molecular complexity index is 1270. The molecule has 0 amide bonds. The zero-order valence-electron chi connectivity index (χ0n) is 19.7. The highest BCUT2D eigenvalue weighted by Crippen LogP contribution is 2.22. The fourth-order valence-electron chi connectivity index (χ4n) is 2.94. The molecule has 0 atom stereocenters. The van der Waals surface area contributed by atoms with Crippen LogP contribution in [0.5, 0.6) is 5.75 Å². The number of nitrogens with zero attached hydrogens (tertiary/aromatic N) is 3. The highest BCUT2D eigenvalue weighted by atomic mass is 32.2. The summed E-state index contributed by atoms with van der Waals surface area (Å²) in [7, 11) is 0.694. The summed E-state index contributed by atoms with van der Waals surface area (Å²) in [5, 5.41) is -0.471. The Balaban J connectivity index is 1.82. The Kier molecular flexibility index (Phi) is 7.85. The molecular weight excluding hydrogens is 434 g/mol. The molecule has 3 aromatic rings. The van der Waals surface area contributed by atoms with E-state index in [1.54, 1.807) is 44.3 Å². The van der Waals surface area contributed by atoms with Gasteiger partial charge in [0.2, 0.25) is 0 Å². The summed E-state index contributed by atoms with van der Waals surface area (Å²) in [4.78, 5) is 11.4. The largest absolute Gasteiger partial charge is 0.492 e. The molecule has 33 heavy (non-hydrogen) atoms. The highest BCUT2D eigenvalue weighted by Gasteiger charge is 2.19. The third-order valence-electron chi connectivity index (χ3n) is 5.02. The first-order chi connectivity index (χ1) is 15.7. The highest BCUT2D eigenvalue weighted by molar-refractivity contribution is 7.92. The van der Waals surface area contributed by atoms with Crippen molar-refractivity contribution >= 4 is 9.84 Å². The van der Waals surface area contributed by atoms with E-state index in [1.165, 1.54) is 0 Å². The maximum Gasteiger partial charge on any atom is 0.180 e. The SMILES string of the molecule is Cc1ncc(-c2ccc(S(=O)(=O)C(C)C)cc2)nc1C#Cc1cccc(OCCN(C)C)c1. The van der Waals surface area contributed by atoms with E-state index in [-0.39, 0.29) is 0 Å². The van der Waals surface area contributed by atoms with E-state index in [4.69, 9.17) is 4.74 Å². The standard InChI is InChI=1S/C26H29N3O3S/c1-19(2)33(30,31)24-12-10-22(11-13-24)26-18-27-20(3)25(28-26)14-9-21-7-6-8-23(17-21)32-16-15-29(4)5/h6-8,10-13,17-19H,15-16H2,1-5H3. The number of aryl methyl sites for hydroxylation is 1. The van der Waals surface area contributed by atoms with Crippen molar-refractivity contribution < 1.29 is 13.2 Å². The molecule has 0 N–H and O–H groups in total. The van der Waals surface area contributed by atoms with Gasteiger partial charge in [-0.15, -0.1) is 0 Å². The van der Waals surface area contributed by atoms with Gasteiger partial charge in [-0.1, -0.05) is 24.1 Å². The molecule has 0 radical (unpaired) electrons. The van der Waals surface area contributed by atoms with Crippen LogP contribution < -0.4 is 4.74 Å². The van der Waals surface area contributed by atoms with Crippen molar-refractivity contribution in [3.63, 3.8) is 0 Å². The number of hydrogen-bond acceptors (Lipinski definition) is 6. The van der Waals surface area contributed by atoms with Gasteiger partial charge in [-0.05, 0) is 71.1 Å². The number of likely N-dealkylation sites (N-methyl/N-ethyl adjacent to an activating group) is 1. The summed E-state index contributed by atoms with van der Waals surface area (Å²) in [6, 6.07) is 14.4. The van der Waals surface area contributed by atoms with Gasteiger partial charge in [0.1, 0.15) is 18.1 Å². The smallest absolute Gasteiger partial charge is 0.180 e. The van der Waals surface area contributed by atoms with Crippen LogP contribution in [0.15, 0.2) is 59.6 Å². The first kappa shape index (κ1) is 24.4. The minimum Gasteiger partial charge on any atom is -0.492 e. The second-order valence-electron chi connectivity index (χ2n) is 8.24. The number of sulfone groups is 1. The minimum absolute atomic E-state index is 0.300. The Morgan fingerprint density at radius 1 is 1.06 bits per heavy atom. The molecule has 2 aromatic carbocycles. The van der Waals surface area contributed by atoms with E-state index in [2.05, 4.69) is 26.7 Å². The van der Waals surface area contributed by atoms with Crippen molar-refractivity contribution in [3.05, 3.63) is 71.7 Å². The van der Waals surface area contributed by atoms with Crippen molar-refractivity contribution in [2.75, 3.05) is 27.2 Å². The normalized spacial score (nSPS) is 11.4. The minimum atomic E-state index is -3.31. The van der Waals surface area contributed by atoms with Crippen LogP contribution in [0.4, 0.5) is 0 Å². The average Bonchev–Trinajstić information content (AvgIpc) is 2.78. The topological polar surface area (TPSA) is 72.4 Å². The Hall–Kier alpha value is -3.21. The van der Waals surface area contributed by atoms with Crippen LogP contribution in [0.1, 0.15) is 30.8 Å². The van der Waals surface area contributed by atoms with Crippen LogP contribution in [-0.4, -0.2) is 55.8 Å². The predicted molar refractivity (Wildman–Crippen MR) is 131 cm³/mol. The van der Waals surface area contributed by atoms with Gasteiger partial charge >= 0.3 is 0 Å². The van der Waals surface area contributed by atoms with E-state index >= 15 is 0 Å². The average molecular weight is 464 g/mol. The number of hydrogen-bond donors (Lipinski definition) is 0. The van der Waals surface area contributed by atoms with Gasteiger partial charge in [0, 0.05) is 17.7 Å². The number of rotatable bonds is 7.